The number of thioether (sulfide) groups is 1. The number of nitrogens with zero attached hydrogens (tertiary/aromatic N) is 4. The fourth-order valence-electron chi connectivity index (χ4n) is 2.48. The fourth-order valence-corrected chi connectivity index (χ4v) is 3.44. The zero-order valence-electron chi connectivity index (χ0n) is 15.5. The van der Waals surface area contributed by atoms with Crippen LogP contribution in [0.2, 0.25) is 0 Å². The third kappa shape index (κ3) is 5.48. The van der Waals surface area contributed by atoms with Gasteiger partial charge in [0.15, 0.2) is 5.82 Å². The molecule has 2 aromatic rings. The highest BCUT2D eigenvalue weighted by atomic mass is 32.2. The SMILES string of the molecule is CNCCOc1nc(N/N=C/c2cc(C)ccc2O)cc(N2CCSC2)n1. The molecule has 0 saturated carbocycles. The molecule has 0 unspecified atom stereocenters. The van der Waals surface area contributed by atoms with Gasteiger partial charge >= 0.3 is 6.01 Å². The number of hydrazone groups is 1. The Morgan fingerprint density at radius 2 is 2.26 bits per heavy atom. The Morgan fingerprint density at radius 1 is 1.37 bits per heavy atom. The highest BCUT2D eigenvalue weighted by Gasteiger charge is 2.16. The van der Waals surface area contributed by atoms with E-state index < -0.39 is 0 Å². The van der Waals surface area contributed by atoms with Crippen LogP contribution in [0.3, 0.4) is 0 Å². The first-order chi connectivity index (χ1) is 13.2. The summed E-state index contributed by atoms with van der Waals surface area (Å²) in [7, 11) is 1.87. The molecule has 1 saturated heterocycles. The number of aromatic hydroxyl groups is 1. The van der Waals surface area contributed by atoms with E-state index in [1.807, 2.05) is 43.9 Å². The highest BCUT2D eigenvalue weighted by molar-refractivity contribution is 7.99. The third-order valence-corrected chi connectivity index (χ3v) is 4.88. The van der Waals surface area contributed by atoms with E-state index in [0.29, 0.717) is 30.5 Å². The number of benzene rings is 1. The van der Waals surface area contributed by atoms with Gasteiger partial charge in [-0.25, -0.2) is 0 Å². The first kappa shape index (κ1) is 19.2. The number of nitrogens with one attached hydrogen (secondary N) is 2. The van der Waals surface area contributed by atoms with E-state index >= 15 is 0 Å². The van der Waals surface area contributed by atoms with Crippen LogP contribution in [0.4, 0.5) is 11.6 Å². The van der Waals surface area contributed by atoms with Gasteiger partial charge in [-0.05, 0) is 26.1 Å². The maximum absolute atomic E-state index is 9.90. The molecule has 1 aliphatic rings. The zero-order chi connectivity index (χ0) is 19.1. The molecule has 8 nitrogen and oxygen atoms in total. The van der Waals surface area contributed by atoms with Crippen molar-refractivity contribution < 1.29 is 9.84 Å². The van der Waals surface area contributed by atoms with E-state index in [2.05, 4.69) is 30.7 Å². The molecular weight excluding hydrogens is 364 g/mol. The van der Waals surface area contributed by atoms with E-state index in [1.54, 1.807) is 12.3 Å². The van der Waals surface area contributed by atoms with Crippen LogP contribution in [0.5, 0.6) is 11.8 Å². The Hall–Kier alpha value is -2.52. The van der Waals surface area contributed by atoms with Gasteiger partial charge in [0.2, 0.25) is 0 Å². The summed E-state index contributed by atoms with van der Waals surface area (Å²) < 4.78 is 5.64. The molecule has 9 heteroatoms. The minimum Gasteiger partial charge on any atom is -0.507 e. The van der Waals surface area contributed by atoms with E-state index in [4.69, 9.17) is 4.74 Å². The number of aryl methyl sites for hydroxylation is 1. The zero-order valence-corrected chi connectivity index (χ0v) is 16.3. The number of likely N-dealkylation sites (N-methyl/N-ethyl adjacent to an activating group) is 1. The van der Waals surface area contributed by atoms with Gasteiger partial charge in [-0.15, -0.1) is 11.8 Å². The van der Waals surface area contributed by atoms with E-state index in [-0.39, 0.29) is 5.75 Å². The third-order valence-electron chi connectivity index (χ3n) is 3.92. The Morgan fingerprint density at radius 3 is 3.04 bits per heavy atom. The summed E-state index contributed by atoms with van der Waals surface area (Å²) >= 11 is 1.87. The topological polar surface area (TPSA) is 94.9 Å². The van der Waals surface area contributed by atoms with Crippen molar-refractivity contribution in [3.63, 3.8) is 0 Å². The van der Waals surface area contributed by atoms with Crippen LogP contribution >= 0.6 is 11.8 Å². The molecule has 0 atom stereocenters. The molecule has 0 radical (unpaired) electrons. The summed E-state index contributed by atoms with van der Waals surface area (Å²) in [4.78, 5) is 11.0. The molecule has 1 fully saturated rings. The quantitative estimate of drug-likeness (QED) is 0.359. The summed E-state index contributed by atoms with van der Waals surface area (Å²) in [6.45, 7) is 4.09. The lowest BCUT2D eigenvalue weighted by Crippen LogP contribution is -2.21. The summed E-state index contributed by atoms with van der Waals surface area (Å²) in [6.07, 6.45) is 1.57. The van der Waals surface area contributed by atoms with Crippen molar-refractivity contribution in [1.82, 2.24) is 15.3 Å². The lowest BCUT2D eigenvalue weighted by molar-refractivity contribution is 0.294. The van der Waals surface area contributed by atoms with Crippen molar-refractivity contribution in [2.45, 2.75) is 6.92 Å². The molecule has 2 heterocycles. The number of hydrogen-bond acceptors (Lipinski definition) is 9. The maximum atomic E-state index is 9.90. The van der Waals surface area contributed by atoms with Crippen LogP contribution in [-0.2, 0) is 0 Å². The smallest absolute Gasteiger partial charge is 0.320 e. The van der Waals surface area contributed by atoms with Crippen LogP contribution in [0, 0.1) is 6.92 Å². The fraction of sp³-hybridized carbons (Fsp3) is 0.389. The van der Waals surface area contributed by atoms with Gasteiger partial charge < -0.3 is 20.1 Å². The summed E-state index contributed by atoms with van der Waals surface area (Å²) in [5.74, 6) is 3.50. The average molecular weight is 388 g/mol. The number of phenols is 1. The number of aromatic nitrogens is 2. The predicted octanol–water partition coefficient (Wildman–Crippen LogP) is 2.05. The maximum Gasteiger partial charge on any atom is 0.320 e. The van der Waals surface area contributed by atoms with Gasteiger partial charge in [0.1, 0.15) is 18.2 Å². The van der Waals surface area contributed by atoms with Crippen LogP contribution in [0.1, 0.15) is 11.1 Å². The second kappa shape index (κ2) is 9.43. The Labute approximate surface area is 163 Å². The number of rotatable bonds is 8. The molecule has 1 aliphatic heterocycles. The lowest BCUT2D eigenvalue weighted by Gasteiger charge is -2.17. The van der Waals surface area contributed by atoms with Gasteiger partial charge in [-0.1, -0.05) is 11.6 Å². The monoisotopic (exact) mass is 388 g/mol. The second-order valence-electron chi connectivity index (χ2n) is 6.08. The van der Waals surface area contributed by atoms with Crippen LogP contribution in [0.25, 0.3) is 0 Å². The average Bonchev–Trinajstić information content (AvgIpc) is 3.19. The van der Waals surface area contributed by atoms with Crippen LogP contribution in [-0.4, -0.2) is 59.7 Å². The second-order valence-corrected chi connectivity index (χ2v) is 7.15. The Bertz CT molecular complexity index is 795. The molecule has 0 spiro atoms. The molecule has 1 aromatic carbocycles. The molecule has 1 aromatic heterocycles. The van der Waals surface area contributed by atoms with Gasteiger partial charge in [0.25, 0.3) is 0 Å². The molecule has 144 valence electrons. The Balaban J connectivity index is 1.76. The number of ether oxygens (including phenoxy) is 1. The van der Waals surface area contributed by atoms with Crippen LogP contribution < -0.4 is 20.4 Å². The van der Waals surface area contributed by atoms with Crippen molar-refractivity contribution in [1.29, 1.82) is 0 Å². The van der Waals surface area contributed by atoms with Gasteiger partial charge in [0.05, 0.1) is 12.1 Å². The molecule has 0 bridgehead atoms. The van der Waals surface area contributed by atoms with Gasteiger partial charge in [0, 0.05) is 30.5 Å². The normalized spacial score (nSPS) is 14.1. The minimum atomic E-state index is 0.180. The van der Waals surface area contributed by atoms with Crippen molar-refractivity contribution in [3.8, 4) is 11.8 Å². The number of hydrogen-bond donors (Lipinski definition) is 3. The van der Waals surface area contributed by atoms with E-state index in [9.17, 15) is 5.11 Å². The minimum absolute atomic E-state index is 0.180. The van der Waals surface area contributed by atoms with Gasteiger partial charge in [-0.2, -0.15) is 15.1 Å². The lowest BCUT2D eigenvalue weighted by atomic mass is 10.1. The first-order valence-corrected chi connectivity index (χ1v) is 9.89. The first-order valence-electron chi connectivity index (χ1n) is 8.73. The van der Waals surface area contributed by atoms with Crippen molar-refractivity contribution >= 4 is 29.6 Å². The highest BCUT2D eigenvalue weighted by Crippen LogP contribution is 2.25. The largest absolute Gasteiger partial charge is 0.507 e. The summed E-state index contributed by atoms with van der Waals surface area (Å²) in [5, 5.41) is 17.1. The standard InChI is InChI=1S/C18H24N6O2S/c1-13-3-4-15(25)14(9-13)11-20-23-16-10-17(24-6-8-27-12-24)22-18(21-16)26-7-5-19-2/h3-4,9-11,19,25H,5-8,12H2,1-2H3,(H,21,22,23)/b20-11+. The van der Waals surface area contributed by atoms with Gasteiger partial charge in [-0.3, -0.25) is 5.43 Å². The molecule has 3 N–H and O–H groups in total. The molecular formula is C18H24N6O2S. The predicted molar refractivity (Wildman–Crippen MR) is 110 cm³/mol. The van der Waals surface area contributed by atoms with Crippen LogP contribution in [0.15, 0.2) is 29.4 Å². The molecule has 3 rings (SSSR count). The number of phenolic OH excluding ortho intramolecular Hbond substituents is 1. The molecule has 27 heavy (non-hydrogen) atoms. The van der Waals surface area contributed by atoms with Crippen molar-refractivity contribution in [2.24, 2.45) is 5.10 Å². The van der Waals surface area contributed by atoms with Crippen molar-refractivity contribution in [3.05, 3.63) is 35.4 Å². The van der Waals surface area contributed by atoms with Crippen molar-refractivity contribution in [2.75, 3.05) is 48.7 Å². The molecule has 0 amide bonds. The Kier molecular flexibility index (Phi) is 6.72. The number of anilines is 2. The van der Waals surface area contributed by atoms with E-state index in [1.165, 1.54) is 0 Å². The summed E-state index contributed by atoms with van der Waals surface area (Å²) in [5.41, 5.74) is 4.60. The van der Waals surface area contributed by atoms with E-state index in [0.717, 1.165) is 29.6 Å². The molecule has 0 aliphatic carbocycles. The summed E-state index contributed by atoms with van der Waals surface area (Å²) in [6, 6.07) is 7.53.